The first-order valence-corrected chi connectivity index (χ1v) is 24.3. The SMILES string of the molecule is C.CC(C)(C)OC(=O)N1CCN(C(=O)OCc2ccccc2)C[C@H]1CCCn1cc2ccccc2n1.CC(C)(C)OC(=O)N1CCN(C(=O)OCc2ccccc2)C[C@H]1CCCn1ncc2ccccc21. The van der Waals surface area contributed by atoms with E-state index in [9.17, 15) is 19.2 Å². The van der Waals surface area contributed by atoms with Gasteiger partial charge in [0.15, 0.2) is 0 Å². The van der Waals surface area contributed by atoms with Crippen molar-refractivity contribution in [2.24, 2.45) is 0 Å². The molecule has 2 saturated heterocycles. The lowest BCUT2D eigenvalue weighted by molar-refractivity contribution is -0.00528. The van der Waals surface area contributed by atoms with Gasteiger partial charge in [0.25, 0.3) is 0 Å². The molecule has 0 aliphatic carbocycles. The van der Waals surface area contributed by atoms with Crippen molar-refractivity contribution in [1.82, 2.24) is 39.2 Å². The Morgan fingerprint density at radius 1 is 0.563 bits per heavy atom. The highest BCUT2D eigenvalue weighted by Crippen LogP contribution is 2.23. The van der Waals surface area contributed by atoms with E-state index in [1.807, 2.05) is 166 Å². The summed E-state index contributed by atoms with van der Waals surface area (Å²) in [6, 6.07) is 35.0. The largest absolute Gasteiger partial charge is 0.445 e. The normalized spacial score (nSPS) is 16.1. The first-order chi connectivity index (χ1) is 33.6. The highest BCUT2D eigenvalue weighted by Gasteiger charge is 2.37. The van der Waals surface area contributed by atoms with E-state index in [-0.39, 0.29) is 57.1 Å². The standard InChI is InChI=1S/2C27H34N4O4.CH4/c1-27(2,3)35-26(33)31-17-16-29(25(32)34-20-21-10-5-4-6-11-21)19-23(31)13-9-15-30-18-22-12-7-8-14-24(22)28-30;1-27(2,3)35-26(33)30-17-16-29(25(32)34-20-21-10-5-4-6-11-21)19-23(30)13-9-15-31-24-14-8-7-12-22(24)18-28-31;/h2*4-8,10-12,14,18,23H,9,13,15-17,19-20H2,1-3H3;1H4/t2*23-;/m11./s1. The second-order valence-corrected chi connectivity index (χ2v) is 19.8. The van der Waals surface area contributed by atoms with Crippen LogP contribution in [0.25, 0.3) is 21.8 Å². The van der Waals surface area contributed by atoms with Crippen LogP contribution in [0.2, 0.25) is 0 Å². The molecular formula is C55H72N8O8. The van der Waals surface area contributed by atoms with E-state index in [4.69, 9.17) is 18.9 Å². The molecular weight excluding hydrogens is 901 g/mol. The number of aromatic nitrogens is 4. The summed E-state index contributed by atoms with van der Waals surface area (Å²) >= 11 is 0. The first-order valence-electron chi connectivity index (χ1n) is 24.3. The molecule has 4 amide bonds. The number of carbonyl (C=O) groups excluding carboxylic acids is 4. The van der Waals surface area contributed by atoms with Crippen molar-refractivity contribution in [2.75, 3.05) is 39.3 Å². The number of hydrogen-bond donors (Lipinski definition) is 0. The molecule has 2 fully saturated rings. The van der Waals surface area contributed by atoms with Crippen LogP contribution < -0.4 is 0 Å². The van der Waals surface area contributed by atoms with E-state index in [2.05, 4.69) is 16.3 Å². The van der Waals surface area contributed by atoms with Gasteiger partial charge >= 0.3 is 24.4 Å². The molecule has 6 aromatic rings. The number of nitrogens with zero attached hydrogens (tertiary/aromatic N) is 8. The summed E-state index contributed by atoms with van der Waals surface area (Å²) in [6.07, 6.45) is 5.56. The number of ether oxygens (including phenoxy) is 4. The molecule has 2 aromatic heterocycles. The molecule has 2 atom stereocenters. The van der Waals surface area contributed by atoms with Gasteiger partial charge in [-0.05, 0) is 90.5 Å². The number of aryl methyl sites for hydroxylation is 2. The minimum atomic E-state index is -0.582. The number of piperazine rings is 2. The molecule has 0 radical (unpaired) electrons. The molecule has 0 saturated carbocycles. The molecule has 0 bridgehead atoms. The number of carbonyl (C=O) groups is 4. The second-order valence-electron chi connectivity index (χ2n) is 19.8. The summed E-state index contributed by atoms with van der Waals surface area (Å²) in [5.74, 6) is 0. The Hall–Kier alpha value is -7.10. The molecule has 4 heterocycles. The Labute approximate surface area is 418 Å². The number of amides is 4. The Morgan fingerprint density at radius 2 is 1.03 bits per heavy atom. The van der Waals surface area contributed by atoms with Gasteiger partial charge in [0.05, 0.1) is 29.3 Å². The van der Waals surface area contributed by atoms with Crippen molar-refractivity contribution in [2.45, 2.75) is 124 Å². The molecule has 0 spiro atoms. The van der Waals surface area contributed by atoms with Gasteiger partial charge < -0.3 is 38.5 Å². The monoisotopic (exact) mass is 973 g/mol. The third-order valence-electron chi connectivity index (χ3n) is 12.0. The third kappa shape index (κ3) is 15.7. The summed E-state index contributed by atoms with van der Waals surface area (Å²) in [6.45, 7) is 15.5. The van der Waals surface area contributed by atoms with E-state index >= 15 is 0 Å². The summed E-state index contributed by atoms with van der Waals surface area (Å²) in [5, 5.41) is 11.3. The van der Waals surface area contributed by atoms with E-state index in [0.717, 1.165) is 71.7 Å². The van der Waals surface area contributed by atoms with Crippen LogP contribution >= 0.6 is 0 Å². The number of rotatable bonds is 12. The third-order valence-corrected chi connectivity index (χ3v) is 12.0. The van der Waals surface area contributed by atoms with Crippen LogP contribution in [0, 0.1) is 0 Å². The van der Waals surface area contributed by atoms with Gasteiger partial charge in [-0.2, -0.15) is 10.2 Å². The summed E-state index contributed by atoms with van der Waals surface area (Å²) < 4.78 is 26.3. The summed E-state index contributed by atoms with van der Waals surface area (Å²) in [5.41, 5.74) is 2.77. The molecule has 2 aliphatic rings. The van der Waals surface area contributed by atoms with E-state index < -0.39 is 11.2 Å². The van der Waals surface area contributed by atoms with E-state index in [0.29, 0.717) is 39.3 Å². The maximum Gasteiger partial charge on any atom is 0.410 e. The van der Waals surface area contributed by atoms with Crippen LogP contribution in [0.1, 0.15) is 85.8 Å². The Kier molecular flexibility index (Phi) is 18.5. The van der Waals surface area contributed by atoms with Gasteiger partial charge in [-0.15, -0.1) is 0 Å². The number of para-hydroxylation sites is 1. The highest BCUT2D eigenvalue weighted by atomic mass is 16.6. The quantitative estimate of drug-likeness (QED) is 0.108. The average molecular weight is 973 g/mol. The highest BCUT2D eigenvalue weighted by molar-refractivity contribution is 5.79. The maximum atomic E-state index is 12.9. The smallest absolute Gasteiger partial charge is 0.410 e. The lowest BCUT2D eigenvalue weighted by Gasteiger charge is -2.41. The fraction of sp³-hybridized carbons (Fsp3) is 0.455. The fourth-order valence-electron chi connectivity index (χ4n) is 8.58. The van der Waals surface area contributed by atoms with Gasteiger partial charge in [0.1, 0.15) is 24.4 Å². The molecule has 71 heavy (non-hydrogen) atoms. The van der Waals surface area contributed by atoms with Crippen molar-refractivity contribution < 1.29 is 38.1 Å². The Morgan fingerprint density at radius 3 is 1.54 bits per heavy atom. The lowest BCUT2D eigenvalue weighted by Crippen LogP contribution is -2.57. The predicted octanol–water partition coefficient (Wildman–Crippen LogP) is 10.8. The van der Waals surface area contributed by atoms with Crippen molar-refractivity contribution in [3.63, 3.8) is 0 Å². The Bertz CT molecular complexity index is 2600. The fourth-order valence-corrected chi connectivity index (χ4v) is 8.58. The van der Waals surface area contributed by atoms with Gasteiger partial charge in [0, 0.05) is 69.3 Å². The minimum Gasteiger partial charge on any atom is -0.445 e. The van der Waals surface area contributed by atoms with Crippen LogP contribution in [-0.4, -0.2) is 126 Å². The summed E-state index contributed by atoms with van der Waals surface area (Å²) in [4.78, 5) is 58.3. The molecule has 0 unspecified atom stereocenters. The van der Waals surface area contributed by atoms with Crippen LogP contribution in [0.5, 0.6) is 0 Å². The Balaban J connectivity index is 0.000000229. The van der Waals surface area contributed by atoms with Crippen molar-refractivity contribution in [1.29, 1.82) is 0 Å². The molecule has 16 nitrogen and oxygen atoms in total. The number of fused-ring (bicyclic) bond motifs is 2. The van der Waals surface area contributed by atoms with Gasteiger partial charge in [-0.3, -0.25) is 9.36 Å². The number of benzene rings is 4. The first kappa shape index (κ1) is 53.3. The predicted molar refractivity (Wildman–Crippen MR) is 275 cm³/mol. The molecule has 8 rings (SSSR count). The molecule has 4 aromatic carbocycles. The van der Waals surface area contributed by atoms with Crippen LogP contribution in [0.3, 0.4) is 0 Å². The van der Waals surface area contributed by atoms with Gasteiger partial charge in [0.2, 0.25) is 0 Å². The summed E-state index contributed by atoms with van der Waals surface area (Å²) in [7, 11) is 0. The molecule has 16 heteroatoms. The van der Waals surface area contributed by atoms with E-state index in [1.165, 1.54) is 0 Å². The van der Waals surface area contributed by atoms with Gasteiger partial charge in [-0.25, -0.2) is 19.2 Å². The van der Waals surface area contributed by atoms with Crippen LogP contribution in [-0.2, 0) is 45.3 Å². The van der Waals surface area contributed by atoms with Crippen LogP contribution in [0.4, 0.5) is 19.2 Å². The molecule has 2 aliphatic heterocycles. The zero-order valence-electron chi connectivity index (χ0n) is 41.4. The number of hydrogen-bond acceptors (Lipinski definition) is 10. The minimum absolute atomic E-state index is 0. The van der Waals surface area contributed by atoms with Crippen LogP contribution in [0.15, 0.2) is 122 Å². The zero-order chi connectivity index (χ0) is 49.7. The van der Waals surface area contributed by atoms with E-state index in [1.54, 1.807) is 19.6 Å². The second kappa shape index (κ2) is 24.6. The van der Waals surface area contributed by atoms with Crippen molar-refractivity contribution in [3.05, 3.63) is 133 Å². The lowest BCUT2D eigenvalue weighted by atomic mass is 10.1. The molecule has 380 valence electrons. The zero-order valence-corrected chi connectivity index (χ0v) is 41.4. The van der Waals surface area contributed by atoms with Gasteiger partial charge in [-0.1, -0.05) is 104 Å². The average Bonchev–Trinajstić information content (AvgIpc) is 3.96. The molecule has 0 N–H and O–H groups in total. The van der Waals surface area contributed by atoms with Crippen molar-refractivity contribution >= 4 is 46.2 Å². The van der Waals surface area contributed by atoms with Crippen molar-refractivity contribution in [3.8, 4) is 0 Å². The topological polar surface area (TPSA) is 154 Å². The maximum absolute atomic E-state index is 12.9.